The summed E-state index contributed by atoms with van der Waals surface area (Å²) in [5, 5.41) is 31.2. The van der Waals surface area contributed by atoms with Crippen LogP contribution in [0, 0.1) is 11.8 Å². The zero-order chi connectivity index (χ0) is 38.7. The maximum atomic E-state index is 14.2. The van der Waals surface area contributed by atoms with Gasteiger partial charge in [0.2, 0.25) is 24.0 Å². The van der Waals surface area contributed by atoms with E-state index in [2.05, 4.69) is 20.6 Å². The van der Waals surface area contributed by atoms with Crippen molar-refractivity contribution in [2.24, 2.45) is 17.6 Å². The van der Waals surface area contributed by atoms with Crippen LogP contribution in [-0.4, -0.2) is 55.4 Å². The van der Waals surface area contributed by atoms with Crippen LogP contribution in [0.15, 0.2) is 63.4 Å². The van der Waals surface area contributed by atoms with E-state index >= 15 is 0 Å². The molecule has 13 nitrogen and oxygen atoms in total. The van der Waals surface area contributed by atoms with Gasteiger partial charge < -0.3 is 45.1 Å². The van der Waals surface area contributed by atoms with Crippen molar-refractivity contribution in [1.82, 2.24) is 25.6 Å². The summed E-state index contributed by atoms with van der Waals surface area (Å²) in [4.78, 5) is 40.3. The number of amides is 2. The van der Waals surface area contributed by atoms with Crippen molar-refractivity contribution in [2.75, 3.05) is 0 Å². The van der Waals surface area contributed by atoms with Crippen molar-refractivity contribution < 1.29 is 33.4 Å². The Bertz CT molecular complexity index is 2580. The number of nitrogens with two attached hydrogens (primary N) is 1. The van der Waals surface area contributed by atoms with Crippen LogP contribution in [0.5, 0.6) is 11.5 Å². The number of carbonyl (C=O) groups is 2. The second-order valence-corrected chi connectivity index (χ2v) is 15.7. The first-order chi connectivity index (χ1) is 26.3. The van der Waals surface area contributed by atoms with Gasteiger partial charge in [-0.2, -0.15) is 4.98 Å². The molecule has 0 radical (unpaired) electrons. The molecule has 0 saturated carbocycles. The second kappa shape index (κ2) is 12.6. The molecule has 6 aromatic rings. The Kier molecular flexibility index (Phi) is 8.10. The summed E-state index contributed by atoms with van der Waals surface area (Å²) < 4.78 is 19.8. The van der Waals surface area contributed by atoms with Gasteiger partial charge in [-0.3, -0.25) is 9.59 Å². The highest BCUT2D eigenvalue weighted by Crippen LogP contribution is 2.59. The number of aromatic hydroxyl groups is 1. The molecule has 0 fully saturated rings. The van der Waals surface area contributed by atoms with Gasteiger partial charge in [-0.15, -0.1) is 0 Å². The van der Waals surface area contributed by atoms with Crippen LogP contribution in [0.25, 0.3) is 44.9 Å². The Morgan fingerprint density at radius 1 is 1.04 bits per heavy atom. The summed E-state index contributed by atoms with van der Waals surface area (Å²) >= 11 is 13.8. The summed E-state index contributed by atoms with van der Waals surface area (Å²) in [5.74, 6) is -1.24. The molecular weight excluding hydrogens is 747 g/mol. The first kappa shape index (κ1) is 35.4. The van der Waals surface area contributed by atoms with E-state index in [0.29, 0.717) is 44.5 Å². The first-order valence-corrected chi connectivity index (χ1v) is 18.7. The smallest absolute Gasteiger partial charge is 0.250 e. The van der Waals surface area contributed by atoms with Crippen LogP contribution in [0.1, 0.15) is 62.1 Å². The lowest BCUT2D eigenvalue weighted by Gasteiger charge is -2.32. The number of hydrogen-bond donors (Lipinski definition) is 6. The Balaban J connectivity index is 1.40. The Morgan fingerprint density at radius 2 is 1.80 bits per heavy atom. The lowest BCUT2D eigenvalue weighted by atomic mass is 9.70. The molecule has 7 N–H and O–H groups in total. The molecule has 2 unspecified atom stereocenters. The minimum atomic E-state index is -1.80. The van der Waals surface area contributed by atoms with Gasteiger partial charge in [0.25, 0.3) is 5.89 Å². The molecule has 2 amide bonds. The monoisotopic (exact) mass is 782 g/mol. The number of nitrogens with one attached hydrogen (secondary N) is 3. The quantitative estimate of drug-likeness (QED) is 0.117. The molecule has 6 heterocycles. The maximum Gasteiger partial charge on any atom is 0.250 e. The zero-order valence-corrected chi connectivity index (χ0v) is 31.5. The van der Waals surface area contributed by atoms with Gasteiger partial charge in [0, 0.05) is 34.0 Å². The number of phenolic OH excluding ortho intramolecular Hbond substituents is 1. The van der Waals surface area contributed by atoms with Gasteiger partial charge in [0.15, 0.2) is 22.4 Å². The van der Waals surface area contributed by atoms with E-state index in [1.54, 1.807) is 18.2 Å². The molecule has 1 spiro atoms. The molecule has 3 aromatic heterocycles. The predicted octanol–water partition coefficient (Wildman–Crippen LogP) is 6.35. The van der Waals surface area contributed by atoms with Crippen molar-refractivity contribution >= 4 is 45.9 Å². The summed E-state index contributed by atoms with van der Waals surface area (Å²) in [6, 6.07) is 13.1. The van der Waals surface area contributed by atoms with Crippen LogP contribution >= 0.6 is 23.2 Å². The van der Waals surface area contributed by atoms with Crippen molar-refractivity contribution in [1.29, 1.82) is 0 Å². The van der Waals surface area contributed by atoms with E-state index in [4.69, 9.17) is 47.5 Å². The molecular formula is C40H36Cl2N6O7. The summed E-state index contributed by atoms with van der Waals surface area (Å²) in [7, 11) is 0. The van der Waals surface area contributed by atoms with Gasteiger partial charge >= 0.3 is 0 Å². The molecule has 3 aliphatic heterocycles. The number of oxazole rings is 2. The highest BCUT2D eigenvalue weighted by Gasteiger charge is 2.58. The van der Waals surface area contributed by atoms with Gasteiger partial charge in [-0.25, -0.2) is 4.98 Å². The van der Waals surface area contributed by atoms with E-state index in [1.807, 2.05) is 58.0 Å². The Morgan fingerprint density at radius 3 is 2.56 bits per heavy atom. The van der Waals surface area contributed by atoms with Crippen molar-refractivity contribution in [3.8, 4) is 45.5 Å². The number of rotatable bonds is 4. The molecule has 10 bridgehead atoms. The third-order valence-electron chi connectivity index (χ3n) is 10.9. The minimum Gasteiger partial charge on any atom is -0.508 e. The first-order valence-electron chi connectivity index (χ1n) is 17.9. The Hall–Kier alpha value is -5.34. The number of H-pyrrole nitrogens is 1. The van der Waals surface area contributed by atoms with E-state index in [0.717, 1.165) is 0 Å². The Labute approximate surface area is 324 Å². The number of aliphatic hydroxyl groups is 1. The summed E-state index contributed by atoms with van der Waals surface area (Å²) in [6.07, 6.45) is -1.70. The lowest BCUT2D eigenvalue weighted by molar-refractivity contribution is -0.130. The van der Waals surface area contributed by atoms with Crippen LogP contribution in [0.3, 0.4) is 0 Å². The fourth-order valence-electron chi connectivity index (χ4n) is 8.06. The highest BCUT2D eigenvalue weighted by atomic mass is 35.5. The number of halogens is 2. The predicted molar refractivity (Wildman–Crippen MR) is 204 cm³/mol. The van der Waals surface area contributed by atoms with Crippen LogP contribution < -0.4 is 21.1 Å². The number of hydrogen-bond acceptors (Lipinski definition) is 10. The van der Waals surface area contributed by atoms with E-state index in [9.17, 15) is 19.8 Å². The molecule has 3 aromatic carbocycles. The number of aromatic amines is 1. The van der Waals surface area contributed by atoms with Crippen molar-refractivity contribution in [3.63, 3.8) is 0 Å². The topological polar surface area (TPSA) is 202 Å². The molecule has 9 rings (SSSR count). The number of para-hydroxylation sites is 1. The molecule has 55 heavy (non-hydrogen) atoms. The third kappa shape index (κ3) is 5.13. The molecule has 15 heteroatoms. The largest absolute Gasteiger partial charge is 0.508 e. The normalized spacial score (nSPS) is 21.6. The standard InChI is InChI=1S/C40H36Cl2N6O7/c1-15(2)27(43)36(51)45-23-14-17-11-12-24(49)21(13-17)40-20-9-5-8-19(30(20)54-39(40)52)18-7-6-10-22-25(18)26(33(41)44-22)31-34(42)48-38(53-31)29-32(40)55-37(47-29)28(16(3)4)46-35(23)50/h5-13,15-16,23,27-28,39,44,49,52H,14,43H2,1-4H3,(H,45,51)(H,46,50)/t23-,27?,28-,39?,40-/m1/s1. The average molecular weight is 784 g/mol. The van der Waals surface area contributed by atoms with E-state index < -0.39 is 41.6 Å². The fraction of sp³-hybridized carbons (Fsp3) is 0.300. The lowest BCUT2D eigenvalue weighted by Crippen LogP contribution is -2.54. The van der Waals surface area contributed by atoms with Gasteiger partial charge in [-0.05, 0) is 35.1 Å². The number of benzene rings is 3. The van der Waals surface area contributed by atoms with Gasteiger partial charge in [-0.1, -0.05) is 93.4 Å². The molecule has 0 saturated heterocycles. The van der Waals surface area contributed by atoms with Crippen LogP contribution in [0.4, 0.5) is 0 Å². The van der Waals surface area contributed by atoms with Crippen LogP contribution in [0.2, 0.25) is 10.3 Å². The third-order valence-corrected chi connectivity index (χ3v) is 11.5. The van der Waals surface area contributed by atoms with Crippen LogP contribution in [-0.2, 0) is 21.4 Å². The number of phenols is 1. The molecule has 0 aliphatic carbocycles. The van der Waals surface area contributed by atoms with Gasteiger partial charge in [0.05, 0.1) is 11.6 Å². The zero-order valence-electron chi connectivity index (χ0n) is 30.0. The average Bonchev–Trinajstić information content (AvgIpc) is 3.90. The van der Waals surface area contributed by atoms with E-state index in [-0.39, 0.29) is 68.9 Å². The fourth-order valence-corrected chi connectivity index (χ4v) is 8.55. The number of nitrogens with zero attached hydrogens (tertiary/aromatic N) is 2. The van der Waals surface area contributed by atoms with Crippen molar-refractivity contribution in [2.45, 2.75) is 63.9 Å². The van der Waals surface area contributed by atoms with Gasteiger partial charge in [0.1, 0.15) is 34.2 Å². The number of ether oxygens (including phenoxy) is 1. The minimum absolute atomic E-state index is 0.0107. The molecule has 282 valence electrons. The number of aromatic nitrogens is 3. The second-order valence-electron chi connectivity index (χ2n) is 15.0. The maximum absolute atomic E-state index is 14.2. The van der Waals surface area contributed by atoms with Crippen molar-refractivity contribution in [3.05, 3.63) is 93.2 Å². The van der Waals surface area contributed by atoms with E-state index in [1.165, 1.54) is 6.07 Å². The number of aliphatic hydroxyl groups excluding tert-OH is 1. The SMILES string of the molecule is CC(C)C(N)C(=O)N[C@@H]1Cc2ccc(O)c(c2)[C@@]23c4cccc(c4OC2O)-c2cccc4[nH]c(Cl)c(c24)-c2oc(nc2Cl)-c2nc(oc23)[C@@H](C(C)C)NC1=O. The molecule has 3 aliphatic rings. The number of carbonyl (C=O) groups excluding carboxylic acids is 2. The summed E-state index contributed by atoms with van der Waals surface area (Å²) in [6.45, 7) is 7.39. The number of fused-ring (bicyclic) bond motifs is 8. The molecule has 5 atom stereocenters. The summed E-state index contributed by atoms with van der Waals surface area (Å²) in [5.41, 5.74) is 8.06. The highest BCUT2D eigenvalue weighted by molar-refractivity contribution is 6.37.